The second-order valence-corrected chi connectivity index (χ2v) is 5.61. The second-order valence-electron chi connectivity index (χ2n) is 4.15. The molecule has 0 aliphatic carbocycles. The van der Waals surface area contributed by atoms with Crippen LogP contribution in [0.2, 0.25) is 0 Å². The molecule has 16 heavy (non-hydrogen) atoms. The summed E-state index contributed by atoms with van der Waals surface area (Å²) in [5, 5.41) is 13.5. The summed E-state index contributed by atoms with van der Waals surface area (Å²) in [7, 11) is 0. The van der Waals surface area contributed by atoms with Gasteiger partial charge in [-0.2, -0.15) is 0 Å². The van der Waals surface area contributed by atoms with Gasteiger partial charge in [0.05, 0.1) is 11.6 Å². The Balaban J connectivity index is 2.47. The monoisotopic (exact) mass is 240 g/mol. The fourth-order valence-corrected chi connectivity index (χ4v) is 1.90. The molecule has 0 saturated carbocycles. The lowest BCUT2D eigenvalue weighted by atomic mass is 10.2. The molecule has 1 atom stereocenters. The summed E-state index contributed by atoms with van der Waals surface area (Å²) < 4.78 is 0. The van der Waals surface area contributed by atoms with Crippen LogP contribution in [0.1, 0.15) is 26.3 Å². The zero-order chi connectivity index (χ0) is 12.0. The maximum Gasteiger partial charge on any atom is 0.0963 e. The SMILES string of the molecule is CC(C)NCc1ccc(SC(C)CO)nc1. The number of nitrogens with zero attached hydrogens (tertiary/aromatic N) is 1. The molecule has 0 bridgehead atoms. The molecule has 3 nitrogen and oxygen atoms in total. The Hall–Kier alpha value is -0.580. The molecule has 1 rings (SSSR count). The van der Waals surface area contributed by atoms with Crippen molar-refractivity contribution in [2.75, 3.05) is 6.61 Å². The van der Waals surface area contributed by atoms with Crippen LogP contribution in [-0.2, 0) is 6.54 Å². The predicted octanol–water partition coefficient (Wildman–Crippen LogP) is 2.05. The van der Waals surface area contributed by atoms with Crippen LogP contribution in [-0.4, -0.2) is 28.0 Å². The first-order valence-corrected chi connectivity index (χ1v) is 6.45. The Labute approximate surface area is 102 Å². The second kappa shape index (κ2) is 6.89. The summed E-state index contributed by atoms with van der Waals surface area (Å²) in [6.07, 6.45) is 1.89. The standard InChI is InChI=1S/C12H20N2OS/c1-9(2)13-6-11-4-5-12(14-7-11)16-10(3)8-15/h4-5,7,9-10,13,15H,6,8H2,1-3H3. The first kappa shape index (κ1) is 13.5. The molecule has 0 spiro atoms. The molecule has 4 heteroatoms. The van der Waals surface area contributed by atoms with Gasteiger partial charge in [-0.3, -0.25) is 0 Å². The van der Waals surface area contributed by atoms with E-state index in [2.05, 4.69) is 30.2 Å². The molecule has 1 unspecified atom stereocenters. The minimum Gasteiger partial charge on any atom is -0.395 e. The first-order chi connectivity index (χ1) is 7.61. The van der Waals surface area contributed by atoms with E-state index in [1.807, 2.05) is 19.2 Å². The van der Waals surface area contributed by atoms with E-state index in [0.717, 1.165) is 11.6 Å². The summed E-state index contributed by atoms with van der Waals surface area (Å²) in [5.41, 5.74) is 1.19. The molecular formula is C12H20N2OS. The number of thioether (sulfide) groups is 1. The number of nitrogens with one attached hydrogen (secondary N) is 1. The highest BCUT2D eigenvalue weighted by Crippen LogP contribution is 2.20. The van der Waals surface area contributed by atoms with Crippen molar-refractivity contribution in [2.45, 2.75) is 43.6 Å². The largest absolute Gasteiger partial charge is 0.395 e. The first-order valence-electron chi connectivity index (χ1n) is 5.57. The highest BCUT2D eigenvalue weighted by Gasteiger charge is 2.03. The van der Waals surface area contributed by atoms with Gasteiger partial charge in [-0.05, 0) is 11.6 Å². The number of hydrogen-bond acceptors (Lipinski definition) is 4. The van der Waals surface area contributed by atoms with Gasteiger partial charge < -0.3 is 10.4 Å². The van der Waals surface area contributed by atoms with Crippen molar-refractivity contribution in [3.05, 3.63) is 23.9 Å². The number of aliphatic hydroxyl groups is 1. The summed E-state index contributed by atoms with van der Waals surface area (Å²) in [6, 6.07) is 4.58. The minimum atomic E-state index is 0.184. The predicted molar refractivity (Wildman–Crippen MR) is 68.6 cm³/mol. The summed E-state index contributed by atoms with van der Waals surface area (Å²) in [5.74, 6) is 0. The van der Waals surface area contributed by atoms with E-state index in [1.165, 1.54) is 5.56 Å². The van der Waals surface area contributed by atoms with Crippen LogP contribution in [0.3, 0.4) is 0 Å². The van der Waals surface area contributed by atoms with E-state index in [9.17, 15) is 0 Å². The third-order valence-electron chi connectivity index (χ3n) is 2.09. The summed E-state index contributed by atoms with van der Waals surface area (Å²) in [6.45, 7) is 7.27. The lowest BCUT2D eigenvalue weighted by molar-refractivity contribution is 0.300. The van der Waals surface area contributed by atoms with E-state index < -0.39 is 0 Å². The number of aliphatic hydroxyl groups excluding tert-OH is 1. The average molecular weight is 240 g/mol. The Morgan fingerprint density at radius 3 is 2.62 bits per heavy atom. The Kier molecular flexibility index (Phi) is 5.80. The topological polar surface area (TPSA) is 45.1 Å². The van der Waals surface area contributed by atoms with Gasteiger partial charge in [0.2, 0.25) is 0 Å². The van der Waals surface area contributed by atoms with Crippen molar-refractivity contribution >= 4 is 11.8 Å². The molecule has 90 valence electrons. The molecule has 1 aromatic heterocycles. The number of pyridine rings is 1. The zero-order valence-corrected chi connectivity index (χ0v) is 10.9. The molecular weight excluding hydrogens is 220 g/mol. The van der Waals surface area contributed by atoms with Crippen LogP contribution in [0.15, 0.2) is 23.4 Å². The number of hydrogen-bond donors (Lipinski definition) is 2. The van der Waals surface area contributed by atoms with Crippen molar-refractivity contribution in [1.29, 1.82) is 0 Å². The van der Waals surface area contributed by atoms with Crippen LogP contribution in [0.25, 0.3) is 0 Å². The van der Waals surface area contributed by atoms with Gasteiger partial charge in [-0.15, -0.1) is 11.8 Å². The maximum absolute atomic E-state index is 8.94. The van der Waals surface area contributed by atoms with E-state index in [-0.39, 0.29) is 11.9 Å². The van der Waals surface area contributed by atoms with Gasteiger partial charge in [0.15, 0.2) is 0 Å². The quantitative estimate of drug-likeness (QED) is 0.747. The third-order valence-corrected chi connectivity index (χ3v) is 3.13. The number of aromatic nitrogens is 1. The smallest absolute Gasteiger partial charge is 0.0963 e. The lowest BCUT2D eigenvalue weighted by Crippen LogP contribution is -2.21. The van der Waals surface area contributed by atoms with Crippen molar-refractivity contribution in [1.82, 2.24) is 10.3 Å². The third kappa shape index (κ3) is 4.96. The zero-order valence-electron chi connectivity index (χ0n) is 10.1. The van der Waals surface area contributed by atoms with Crippen LogP contribution in [0, 0.1) is 0 Å². The average Bonchev–Trinajstić information content (AvgIpc) is 2.28. The van der Waals surface area contributed by atoms with Crippen molar-refractivity contribution in [3.8, 4) is 0 Å². The van der Waals surface area contributed by atoms with Crippen molar-refractivity contribution in [2.24, 2.45) is 0 Å². The molecule has 0 fully saturated rings. The summed E-state index contributed by atoms with van der Waals surface area (Å²) in [4.78, 5) is 4.36. The lowest BCUT2D eigenvalue weighted by Gasteiger charge is -2.09. The molecule has 1 aromatic rings. The highest BCUT2D eigenvalue weighted by molar-refractivity contribution is 7.99. The fourth-order valence-electron chi connectivity index (χ4n) is 1.15. The normalized spacial score (nSPS) is 13.1. The van der Waals surface area contributed by atoms with Gasteiger partial charge in [-0.25, -0.2) is 4.98 Å². The van der Waals surface area contributed by atoms with E-state index >= 15 is 0 Å². The number of rotatable bonds is 6. The van der Waals surface area contributed by atoms with Gasteiger partial charge in [0.25, 0.3) is 0 Å². The Morgan fingerprint density at radius 2 is 2.12 bits per heavy atom. The molecule has 0 aromatic carbocycles. The van der Waals surface area contributed by atoms with Crippen LogP contribution < -0.4 is 5.32 Å². The minimum absolute atomic E-state index is 0.184. The molecule has 2 N–H and O–H groups in total. The van der Waals surface area contributed by atoms with Gasteiger partial charge in [-0.1, -0.05) is 26.8 Å². The van der Waals surface area contributed by atoms with Crippen molar-refractivity contribution in [3.63, 3.8) is 0 Å². The molecule has 0 amide bonds. The van der Waals surface area contributed by atoms with E-state index in [1.54, 1.807) is 11.8 Å². The van der Waals surface area contributed by atoms with E-state index in [4.69, 9.17) is 5.11 Å². The van der Waals surface area contributed by atoms with Crippen LogP contribution >= 0.6 is 11.8 Å². The van der Waals surface area contributed by atoms with Crippen LogP contribution in [0.4, 0.5) is 0 Å². The van der Waals surface area contributed by atoms with Crippen LogP contribution in [0.5, 0.6) is 0 Å². The van der Waals surface area contributed by atoms with Gasteiger partial charge >= 0.3 is 0 Å². The Morgan fingerprint density at radius 1 is 1.38 bits per heavy atom. The van der Waals surface area contributed by atoms with E-state index in [0.29, 0.717) is 6.04 Å². The van der Waals surface area contributed by atoms with Gasteiger partial charge in [0, 0.05) is 24.0 Å². The maximum atomic E-state index is 8.94. The molecule has 0 radical (unpaired) electrons. The molecule has 0 aliphatic rings. The van der Waals surface area contributed by atoms with Crippen molar-refractivity contribution < 1.29 is 5.11 Å². The summed E-state index contributed by atoms with van der Waals surface area (Å²) >= 11 is 1.60. The fraction of sp³-hybridized carbons (Fsp3) is 0.583. The molecule has 0 aliphatic heterocycles. The molecule has 0 saturated heterocycles. The highest BCUT2D eigenvalue weighted by atomic mass is 32.2. The Bertz CT molecular complexity index is 300. The molecule has 1 heterocycles. The van der Waals surface area contributed by atoms with Gasteiger partial charge in [0.1, 0.15) is 0 Å².